The monoisotopic (exact) mass is 387 g/mol. The smallest absolute Gasteiger partial charge is 0.271 e. The number of amides is 1. The van der Waals surface area contributed by atoms with Crippen LogP contribution >= 0.6 is 11.8 Å². The average molecular weight is 387 g/mol. The SMILES string of the molecule is COc1ccc(/C=C2\S/C(=N/c3ccccn3)N(c3ccccc3)C2=O)cc1. The van der Waals surface area contributed by atoms with Gasteiger partial charge in [0.1, 0.15) is 5.75 Å². The zero-order chi connectivity index (χ0) is 19.3. The van der Waals surface area contributed by atoms with Gasteiger partial charge in [0.15, 0.2) is 11.0 Å². The topological polar surface area (TPSA) is 54.8 Å². The van der Waals surface area contributed by atoms with Crippen molar-refractivity contribution in [1.82, 2.24) is 4.98 Å². The minimum atomic E-state index is -0.110. The molecule has 0 atom stereocenters. The van der Waals surface area contributed by atoms with Gasteiger partial charge in [-0.1, -0.05) is 36.4 Å². The van der Waals surface area contributed by atoms with Crippen molar-refractivity contribution in [2.75, 3.05) is 12.0 Å². The number of amidine groups is 1. The van der Waals surface area contributed by atoms with Gasteiger partial charge in [0.25, 0.3) is 5.91 Å². The molecule has 1 aliphatic rings. The summed E-state index contributed by atoms with van der Waals surface area (Å²) in [5.41, 5.74) is 1.69. The molecule has 138 valence electrons. The van der Waals surface area contributed by atoms with E-state index in [1.165, 1.54) is 11.8 Å². The molecule has 1 saturated heterocycles. The summed E-state index contributed by atoms with van der Waals surface area (Å²) >= 11 is 1.34. The molecule has 1 aliphatic heterocycles. The Bertz CT molecular complexity index is 1030. The molecule has 1 aromatic heterocycles. The number of nitrogens with zero attached hydrogens (tertiary/aromatic N) is 3. The van der Waals surface area contributed by atoms with E-state index < -0.39 is 0 Å². The number of aliphatic imine (C=N–C) groups is 1. The predicted octanol–water partition coefficient (Wildman–Crippen LogP) is 4.90. The molecule has 5 nitrogen and oxygen atoms in total. The first-order valence-electron chi connectivity index (χ1n) is 8.67. The summed E-state index contributed by atoms with van der Waals surface area (Å²) in [6, 6.07) is 22.6. The first-order valence-corrected chi connectivity index (χ1v) is 9.49. The van der Waals surface area contributed by atoms with E-state index in [1.54, 1.807) is 18.2 Å². The minimum absolute atomic E-state index is 0.110. The molecule has 0 aliphatic carbocycles. The maximum absolute atomic E-state index is 13.1. The maximum atomic E-state index is 13.1. The fourth-order valence-electron chi connectivity index (χ4n) is 2.72. The van der Waals surface area contributed by atoms with Gasteiger partial charge in [-0.3, -0.25) is 9.69 Å². The number of hydrogen-bond acceptors (Lipinski definition) is 5. The number of carbonyl (C=O) groups excluding carboxylic acids is 1. The first kappa shape index (κ1) is 18.0. The molecular formula is C22H17N3O2S. The van der Waals surface area contributed by atoms with Crippen LogP contribution in [0.2, 0.25) is 0 Å². The minimum Gasteiger partial charge on any atom is -0.497 e. The average Bonchev–Trinajstić information content (AvgIpc) is 3.04. The summed E-state index contributed by atoms with van der Waals surface area (Å²) in [5, 5.41) is 0.578. The number of methoxy groups -OCH3 is 1. The van der Waals surface area contributed by atoms with Crippen molar-refractivity contribution >= 4 is 40.4 Å². The van der Waals surface area contributed by atoms with Gasteiger partial charge in [-0.25, -0.2) is 9.98 Å². The van der Waals surface area contributed by atoms with Crippen molar-refractivity contribution in [3.8, 4) is 5.75 Å². The van der Waals surface area contributed by atoms with Gasteiger partial charge in [-0.2, -0.15) is 0 Å². The van der Waals surface area contributed by atoms with Crippen molar-refractivity contribution in [3.63, 3.8) is 0 Å². The molecule has 2 heterocycles. The van der Waals surface area contributed by atoms with Crippen molar-refractivity contribution in [2.24, 2.45) is 4.99 Å². The fraction of sp³-hybridized carbons (Fsp3) is 0.0455. The van der Waals surface area contributed by atoms with Crippen LogP contribution in [0, 0.1) is 0 Å². The summed E-state index contributed by atoms with van der Waals surface area (Å²) in [7, 11) is 1.63. The lowest BCUT2D eigenvalue weighted by atomic mass is 10.2. The van der Waals surface area contributed by atoms with Gasteiger partial charge in [-0.15, -0.1) is 0 Å². The third kappa shape index (κ3) is 3.82. The summed E-state index contributed by atoms with van der Waals surface area (Å²) in [6.45, 7) is 0. The molecule has 6 heteroatoms. The van der Waals surface area contributed by atoms with Crippen LogP contribution in [0.1, 0.15) is 5.56 Å². The van der Waals surface area contributed by atoms with E-state index in [1.807, 2.05) is 78.9 Å². The summed E-state index contributed by atoms with van der Waals surface area (Å²) in [6.07, 6.45) is 3.55. The summed E-state index contributed by atoms with van der Waals surface area (Å²) in [5.74, 6) is 1.22. The van der Waals surface area contributed by atoms with Gasteiger partial charge in [0.05, 0.1) is 17.7 Å². The normalized spacial score (nSPS) is 16.8. The first-order chi connectivity index (χ1) is 13.7. The van der Waals surface area contributed by atoms with Crippen LogP contribution in [0.4, 0.5) is 11.5 Å². The highest BCUT2D eigenvalue weighted by atomic mass is 32.2. The second kappa shape index (κ2) is 8.10. The zero-order valence-electron chi connectivity index (χ0n) is 15.1. The molecule has 0 N–H and O–H groups in total. The number of para-hydroxylation sites is 1. The number of pyridine rings is 1. The number of ether oxygens (including phenoxy) is 1. The molecule has 4 rings (SSSR count). The Morgan fingerprint density at radius 1 is 1.00 bits per heavy atom. The molecule has 1 fully saturated rings. The lowest BCUT2D eigenvalue weighted by Gasteiger charge is -2.15. The Morgan fingerprint density at radius 3 is 2.43 bits per heavy atom. The Hall–Kier alpha value is -3.38. The molecule has 28 heavy (non-hydrogen) atoms. The summed E-state index contributed by atoms with van der Waals surface area (Å²) < 4.78 is 5.19. The lowest BCUT2D eigenvalue weighted by molar-refractivity contribution is -0.113. The van der Waals surface area contributed by atoms with E-state index in [0.29, 0.717) is 15.9 Å². The van der Waals surface area contributed by atoms with Crippen molar-refractivity contribution in [3.05, 3.63) is 89.5 Å². The van der Waals surface area contributed by atoms with E-state index >= 15 is 0 Å². The third-order valence-corrected chi connectivity index (χ3v) is 5.06. The molecule has 0 spiro atoms. The van der Waals surface area contributed by atoms with Crippen molar-refractivity contribution in [1.29, 1.82) is 0 Å². The molecule has 1 amide bonds. The second-order valence-electron chi connectivity index (χ2n) is 5.94. The van der Waals surface area contributed by atoms with Crippen LogP contribution < -0.4 is 9.64 Å². The quantitative estimate of drug-likeness (QED) is 0.598. The van der Waals surface area contributed by atoms with Gasteiger partial charge in [-0.05, 0) is 59.8 Å². The number of thioether (sulfide) groups is 1. The lowest BCUT2D eigenvalue weighted by Crippen LogP contribution is -2.28. The van der Waals surface area contributed by atoms with Gasteiger partial charge in [0.2, 0.25) is 0 Å². The van der Waals surface area contributed by atoms with E-state index in [4.69, 9.17) is 4.74 Å². The van der Waals surface area contributed by atoms with Crippen molar-refractivity contribution < 1.29 is 9.53 Å². The second-order valence-corrected chi connectivity index (χ2v) is 6.95. The number of rotatable bonds is 4. The Labute approximate surface area is 167 Å². The standard InChI is InChI=1S/C22H17N3O2S/c1-27-18-12-10-16(11-13-18)15-19-21(26)25(17-7-3-2-4-8-17)22(28-19)24-20-9-5-6-14-23-20/h2-15H,1H3/b19-15-,24-22+. The zero-order valence-corrected chi connectivity index (χ0v) is 16.0. The number of benzene rings is 2. The molecule has 0 radical (unpaired) electrons. The van der Waals surface area contributed by atoms with E-state index in [2.05, 4.69) is 9.98 Å². The summed E-state index contributed by atoms with van der Waals surface area (Å²) in [4.78, 5) is 24.2. The van der Waals surface area contributed by atoms with Crippen LogP contribution in [-0.4, -0.2) is 23.2 Å². The molecule has 0 saturated carbocycles. The van der Waals surface area contributed by atoms with Crippen LogP contribution in [0.25, 0.3) is 6.08 Å². The highest BCUT2D eigenvalue weighted by Crippen LogP contribution is 2.37. The molecule has 2 aromatic carbocycles. The Morgan fingerprint density at radius 2 is 1.75 bits per heavy atom. The van der Waals surface area contributed by atoms with Gasteiger partial charge >= 0.3 is 0 Å². The third-order valence-electron chi connectivity index (χ3n) is 4.09. The molecular weight excluding hydrogens is 370 g/mol. The van der Waals surface area contributed by atoms with E-state index in [0.717, 1.165) is 17.0 Å². The Balaban J connectivity index is 1.73. The van der Waals surface area contributed by atoms with Gasteiger partial charge < -0.3 is 4.74 Å². The highest BCUT2D eigenvalue weighted by molar-refractivity contribution is 8.19. The molecule has 3 aromatic rings. The predicted molar refractivity (Wildman–Crippen MR) is 114 cm³/mol. The number of carbonyl (C=O) groups is 1. The Kier molecular flexibility index (Phi) is 5.21. The van der Waals surface area contributed by atoms with Crippen LogP contribution in [0.5, 0.6) is 5.75 Å². The molecule has 0 bridgehead atoms. The van der Waals surface area contributed by atoms with Gasteiger partial charge in [0, 0.05) is 6.20 Å². The highest BCUT2D eigenvalue weighted by Gasteiger charge is 2.34. The van der Waals surface area contributed by atoms with E-state index in [-0.39, 0.29) is 5.91 Å². The van der Waals surface area contributed by atoms with E-state index in [9.17, 15) is 4.79 Å². The number of hydrogen-bond donors (Lipinski definition) is 0. The fourth-order valence-corrected chi connectivity index (χ4v) is 3.71. The van der Waals surface area contributed by atoms with Crippen LogP contribution in [-0.2, 0) is 4.79 Å². The number of anilines is 1. The number of aromatic nitrogens is 1. The largest absolute Gasteiger partial charge is 0.497 e. The molecule has 0 unspecified atom stereocenters. The maximum Gasteiger partial charge on any atom is 0.271 e. The van der Waals surface area contributed by atoms with Crippen LogP contribution in [0.15, 0.2) is 88.9 Å². The van der Waals surface area contributed by atoms with Crippen LogP contribution in [0.3, 0.4) is 0 Å². The van der Waals surface area contributed by atoms with Crippen molar-refractivity contribution in [2.45, 2.75) is 0 Å².